The van der Waals surface area contributed by atoms with Gasteiger partial charge in [-0.3, -0.25) is 14.5 Å². The fourth-order valence-electron chi connectivity index (χ4n) is 4.06. The maximum Gasteiger partial charge on any atom is 0.226 e. The van der Waals surface area contributed by atoms with E-state index in [1.165, 1.54) is 0 Å². The van der Waals surface area contributed by atoms with Crippen LogP contribution in [0.2, 0.25) is 0 Å². The van der Waals surface area contributed by atoms with Crippen LogP contribution in [0.3, 0.4) is 0 Å². The first kappa shape index (κ1) is 22.5. The lowest BCUT2D eigenvalue weighted by Gasteiger charge is -2.35. The summed E-state index contributed by atoms with van der Waals surface area (Å²) in [5.41, 5.74) is 0.331. The van der Waals surface area contributed by atoms with Crippen LogP contribution >= 0.6 is 24.8 Å². The maximum absolute atomic E-state index is 12.7. The molecule has 3 aliphatic rings. The molecule has 1 atom stereocenters. The highest BCUT2D eigenvalue weighted by atomic mass is 35.5. The Morgan fingerprint density at radius 2 is 1.68 bits per heavy atom. The molecule has 2 amide bonds. The van der Waals surface area contributed by atoms with Gasteiger partial charge in [0.2, 0.25) is 11.8 Å². The van der Waals surface area contributed by atoms with Crippen molar-refractivity contribution in [2.45, 2.75) is 25.7 Å². The molecule has 0 aromatic carbocycles. The van der Waals surface area contributed by atoms with Crippen molar-refractivity contribution in [3.63, 3.8) is 0 Å². The lowest BCUT2D eigenvalue weighted by atomic mass is 9.91. The van der Waals surface area contributed by atoms with Crippen LogP contribution < -0.4 is 5.32 Å². The first-order valence-electron chi connectivity index (χ1n) is 8.94. The zero-order valence-electron chi connectivity index (χ0n) is 15.3. The third kappa shape index (κ3) is 5.22. The number of carbonyl (C=O) groups is 2. The zero-order valence-corrected chi connectivity index (χ0v) is 17.0. The number of halogens is 2. The monoisotopic (exact) mass is 394 g/mol. The highest BCUT2D eigenvalue weighted by molar-refractivity contribution is 5.85. The molecule has 1 saturated carbocycles. The summed E-state index contributed by atoms with van der Waals surface area (Å²) in [6.07, 6.45) is 4.00. The molecule has 0 aromatic heterocycles. The summed E-state index contributed by atoms with van der Waals surface area (Å²) in [5.74, 6) is 0.844. The quantitative estimate of drug-likeness (QED) is 0.767. The van der Waals surface area contributed by atoms with Crippen LogP contribution in [0.25, 0.3) is 0 Å². The van der Waals surface area contributed by atoms with E-state index in [1.54, 1.807) is 19.0 Å². The molecule has 25 heavy (non-hydrogen) atoms. The van der Waals surface area contributed by atoms with Gasteiger partial charge in [-0.1, -0.05) is 0 Å². The van der Waals surface area contributed by atoms with Gasteiger partial charge < -0.3 is 15.1 Å². The molecule has 2 saturated heterocycles. The van der Waals surface area contributed by atoms with Crippen LogP contribution in [-0.2, 0) is 9.59 Å². The van der Waals surface area contributed by atoms with Crippen LogP contribution in [0.4, 0.5) is 0 Å². The summed E-state index contributed by atoms with van der Waals surface area (Å²) in [4.78, 5) is 30.4. The van der Waals surface area contributed by atoms with Gasteiger partial charge in [-0.05, 0) is 37.8 Å². The second-order valence-electron chi connectivity index (χ2n) is 7.57. The van der Waals surface area contributed by atoms with E-state index >= 15 is 0 Å². The molecule has 1 unspecified atom stereocenters. The standard InChI is InChI=1S/C17H30N4O2.2ClH/c1-19(2)15(22)3-8-20-9-11-21(12-10-20)16(23)14-13-17(14)4-6-18-7-5-17;;/h14,18H,3-13H2,1-2H3;2*1H. The molecule has 0 bridgehead atoms. The van der Waals surface area contributed by atoms with E-state index in [-0.39, 0.29) is 36.6 Å². The van der Waals surface area contributed by atoms with Crippen molar-refractivity contribution in [1.29, 1.82) is 0 Å². The van der Waals surface area contributed by atoms with Gasteiger partial charge in [-0.15, -0.1) is 24.8 Å². The third-order valence-corrected chi connectivity index (χ3v) is 5.91. The maximum atomic E-state index is 12.7. The smallest absolute Gasteiger partial charge is 0.226 e. The molecule has 3 rings (SSSR count). The van der Waals surface area contributed by atoms with Gasteiger partial charge in [0.05, 0.1) is 0 Å². The average molecular weight is 395 g/mol. The Bertz CT molecular complexity index is 462. The summed E-state index contributed by atoms with van der Waals surface area (Å²) >= 11 is 0. The first-order valence-corrected chi connectivity index (χ1v) is 8.94. The predicted molar refractivity (Wildman–Crippen MR) is 103 cm³/mol. The van der Waals surface area contributed by atoms with Gasteiger partial charge in [0.25, 0.3) is 0 Å². The number of nitrogens with zero attached hydrogens (tertiary/aromatic N) is 3. The van der Waals surface area contributed by atoms with E-state index < -0.39 is 0 Å². The Balaban J connectivity index is 0.00000156. The minimum absolute atomic E-state index is 0. The number of piperidine rings is 1. The highest BCUT2D eigenvalue weighted by Gasteiger charge is 2.58. The van der Waals surface area contributed by atoms with Crippen molar-refractivity contribution in [2.75, 3.05) is 59.9 Å². The van der Waals surface area contributed by atoms with Crippen LogP contribution in [0, 0.1) is 11.3 Å². The molecule has 1 spiro atoms. The van der Waals surface area contributed by atoms with Gasteiger partial charge in [0.1, 0.15) is 0 Å². The number of carbonyl (C=O) groups excluding carboxylic acids is 2. The van der Waals surface area contributed by atoms with Gasteiger partial charge >= 0.3 is 0 Å². The number of amides is 2. The summed E-state index contributed by atoms with van der Waals surface area (Å²) in [6.45, 7) is 6.37. The van der Waals surface area contributed by atoms with E-state index in [9.17, 15) is 9.59 Å². The largest absolute Gasteiger partial charge is 0.349 e. The van der Waals surface area contributed by atoms with Crippen molar-refractivity contribution >= 4 is 36.6 Å². The molecule has 0 aromatic rings. The number of hydrogen-bond acceptors (Lipinski definition) is 4. The molecule has 3 fully saturated rings. The fraction of sp³-hybridized carbons (Fsp3) is 0.882. The fourth-order valence-corrected chi connectivity index (χ4v) is 4.06. The van der Waals surface area contributed by atoms with Crippen molar-refractivity contribution in [2.24, 2.45) is 11.3 Å². The molecular formula is C17H32Cl2N4O2. The van der Waals surface area contributed by atoms with E-state index in [0.717, 1.165) is 65.1 Å². The SMILES string of the molecule is CN(C)C(=O)CCN1CCN(C(=O)C2CC23CCNCC3)CC1.Cl.Cl. The highest BCUT2D eigenvalue weighted by Crippen LogP contribution is 2.59. The second-order valence-corrected chi connectivity index (χ2v) is 7.57. The average Bonchev–Trinajstić information content (AvgIpc) is 3.26. The molecule has 1 N–H and O–H groups in total. The molecular weight excluding hydrogens is 363 g/mol. The summed E-state index contributed by atoms with van der Waals surface area (Å²) in [5, 5.41) is 3.39. The van der Waals surface area contributed by atoms with Crippen molar-refractivity contribution in [3.05, 3.63) is 0 Å². The summed E-state index contributed by atoms with van der Waals surface area (Å²) in [6, 6.07) is 0. The van der Waals surface area contributed by atoms with Gasteiger partial charge in [-0.2, -0.15) is 0 Å². The molecule has 1 aliphatic carbocycles. The number of nitrogens with one attached hydrogen (secondary N) is 1. The number of rotatable bonds is 4. The molecule has 146 valence electrons. The Kier molecular flexibility index (Phi) is 8.45. The van der Waals surface area contributed by atoms with Crippen LogP contribution in [0.1, 0.15) is 25.7 Å². The Morgan fingerprint density at radius 3 is 2.24 bits per heavy atom. The minimum Gasteiger partial charge on any atom is -0.349 e. The zero-order chi connectivity index (χ0) is 16.4. The molecule has 2 heterocycles. The van der Waals surface area contributed by atoms with E-state index in [1.807, 2.05) is 0 Å². The molecule has 0 radical (unpaired) electrons. The Morgan fingerprint density at radius 1 is 1.08 bits per heavy atom. The molecule has 6 nitrogen and oxygen atoms in total. The van der Waals surface area contributed by atoms with Gasteiger partial charge in [0.15, 0.2) is 0 Å². The lowest BCUT2D eigenvalue weighted by Crippen LogP contribution is -2.50. The Labute approximate surface area is 163 Å². The van der Waals surface area contributed by atoms with Gasteiger partial charge in [0, 0.05) is 59.2 Å². The van der Waals surface area contributed by atoms with E-state index in [0.29, 0.717) is 17.7 Å². The summed E-state index contributed by atoms with van der Waals surface area (Å²) in [7, 11) is 3.59. The van der Waals surface area contributed by atoms with Crippen molar-refractivity contribution in [1.82, 2.24) is 20.0 Å². The van der Waals surface area contributed by atoms with Crippen LogP contribution in [-0.4, -0.2) is 86.4 Å². The van der Waals surface area contributed by atoms with Crippen LogP contribution in [0.15, 0.2) is 0 Å². The predicted octanol–water partition coefficient (Wildman–Crippen LogP) is 0.842. The summed E-state index contributed by atoms with van der Waals surface area (Å²) < 4.78 is 0. The lowest BCUT2D eigenvalue weighted by molar-refractivity contribution is -0.136. The normalized spacial score (nSPS) is 24.9. The van der Waals surface area contributed by atoms with Crippen molar-refractivity contribution < 1.29 is 9.59 Å². The first-order chi connectivity index (χ1) is 11.0. The number of piperazine rings is 1. The number of hydrogen-bond donors (Lipinski definition) is 1. The van der Waals surface area contributed by atoms with Crippen LogP contribution in [0.5, 0.6) is 0 Å². The third-order valence-electron chi connectivity index (χ3n) is 5.91. The van der Waals surface area contributed by atoms with Gasteiger partial charge in [-0.25, -0.2) is 0 Å². The second kappa shape index (κ2) is 9.40. The van der Waals surface area contributed by atoms with E-state index in [2.05, 4.69) is 15.1 Å². The molecule has 2 aliphatic heterocycles. The molecule has 8 heteroatoms. The Hall–Kier alpha value is -0.560. The topological polar surface area (TPSA) is 55.9 Å². The van der Waals surface area contributed by atoms with Crippen molar-refractivity contribution in [3.8, 4) is 0 Å². The minimum atomic E-state index is 0. The van der Waals surface area contributed by atoms with E-state index in [4.69, 9.17) is 0 Å².